The molecule has 1 fully saturated rings. The summed E-state index contributed by atoms with van der Waals surface area (Å²) in [6, 6.07) is 3.92. The maximum Gasteiger partial charge on any atom is 0.184 e. The molecule has 1 N–H and O–H groups in total. The minimum absolute atomic E-state index is 0.0954. The molecule has 0 bridgehead atoms. The molecule has 1 heterocycles. The maximum atomic E-state index is 13.2. The average Bonchev–Trinajstić information content (AvgIpc) is 2.81. The summed E-state index contributed by atoms with van der Waals surface area (Å²) in [7, 11) is 0. The number of nitrogens with one attached hydrogen (secondary N) is 1. The van der Waals surface area contributed by atoms with Gasteiger partial charge in [-0.15, -0.1) is 0 Å². The fraction of sp³-hybridized carbons (Fsp3) is 0.462. The van der Waals surface area contributed by atoms with Crippen molar-refractivity contribution < 1.29 is 9.18 Å². The Hall–Kier alpha value is -0.930. The van der Waals surface area contributed by atoms with Crippen LogP contribution in [-0.4, -0.2) is 17.9 Å². The van der Waals surface area contributed by atoms with E-state index >= 15 is 0 Å². The molecular formula is C13H15ClFNO. The van der Waals surface area contributed by atoms with E-state index in [9.17, 15) is 9.18 Å². The molecule has 4 heteroatoms. The first kappa shape index (κ1) is 12.5. The zero-order valence-corrected chi connectivity index (χ0v) is 10.5. The zero-order chi connectivity index (χ0) is 12.5. The van der Waals surface area contributed by atoms with Crippen LogP contribution in [0, 0.1) is 5.82 Å². The maximum absolute atomic E-state index is 13.2. The number of carbonyl (C=O) groups is 1. The van der Waals surface area contributed by atoms with Crippen molar-refractivity contribution in [1.29, 1.82) is 0 Å². The highest BCUT2D eigenvalue weighted by Gasteiger charge is 2.40. The lowest BCUT2D eigenvalue weighted by Gasteiger charge is -2.26. The third-order valence-corrected chi connectivity index (χ3v) is 3.78. The van der Waals surface area contributed by atoms with E-state index in [1.54, 1.807) is 0 Å². The topological polar surface area (TPSA) is 29.1 Å². The Balaban J connectivity index is 2.39. The van der Waals surface area contributed by atoms with Crippen LogP contribution in [0.4, 0.5) is 4.39 Å². The summed E-state index contributed by atoms with van der Waals surface area (Å²) in [6.07, 6.45) is 2.44. The summed E-state index contributed by atoms with van der Waals surface area (Å²) in [6.45, 7) is 2.79. The first-order chi connectivity index (χ1) is 8.09. The van der Waals surface area contributed by atoms with Crippen molar-refractivity contribution in [2.45, 2.75) is 31.7 Å². The first-order valence-corrected chi connectivity index (χ1v) is 6.22. The molecule has 0 aromatic heterocycles. The minimum Gasteiger partial charge on any atom is -0.305 e. The van der Waals surface area contributed by atoms with Crippen molar-refractivity contribution >= 4 is 17.4 Å². The van der Waals surface area contributed by atoms with Gasteiger partial charge in [-0.05, 0) is 44.0 Å². The summed E-state index contributed by atoms with van der Waals surface area (Å²) >= 11 is 5.97. The molecule has 1 unspecified atom stereocenters. The Bertz CT molecular complexity index is 441. The fourth-order valence-electron chi connectivity index (χ4n) is 2.39. The Kier molecular flexibility index (Phi) is 3.50. The molecule has 1 aliphatic heterocycles. The summed E-state index contributed by atoms with van der Waals surface area (Å²) in [5.41, 5.74) is -0.278. The molecule has 1 aromatic rings. The highest BCUT2D eigenvalue weighted by atomic mass is 35.5. The Morgan fingerprint density at radius 1 is 1.59 bits per heavy atom. The summed E-state index contributed by atoms with van der Waals surface area (Å²) in [5, 5.41) is 3.55. The van der Waals surface area contributed by atoms with Crippen LogP contribution in [0.5, 0.6) is 0 Å². The number of hydrogen-bond acceptors (Lipinski definition) is 2. The summed E-state index contributed by atoms with van der Waals surface area (Å²) in [4.78, 5) is 12.5. The van der Waals surface area contributed by atoms with Gasteiger partial charge in [0.05, 0.1) is 10.6 Å². The Morgan fingerprint density at radius 3 is 2.94 bits per heavy atom. The van der Waals surface area contributed by atoms with E-state index in [1.165, 1.54) is 18.2 Å². The Morgan fingerprint density at radius 2 is 2.35 bits per heavy atom. The smallest absolute Gasteiger partial charge is 0.184 e. The van der Waals surface area contributed by atoms with Gasteiger partial charge in [-0.2, -0.15) is 0 Å². The SMILES string of the molecule is CCC1(C(=O)c2cc(F)ccc2Cl)CCCN1. The van der Waals surface area contributed by atoms with Gasteiger partial charge in [-0.1, -0.05) is 18.5 Å². The highest BCUT2D eigenvalue weighted by molar-refractivity contribution is 6.34. The number of benzene rings is 1. The number of halogens is 2. The van der Waals surface area contributed by atoms with E-state index < -0.39 is 11.4 Å². The van der Waals surface area contributed by atoms with Crippen LogP contribution in [0.1, 0.15) is 36.5 Å². The molecule has 17 heavy (non-hydrogen) atoms. The van der Waals surface area contributed by atoms with Gasteiger partial charge in [-0.25, -0.2) is 4.39 Å². The molecule has 0 amide bonds. The van der Waals surface area contributed by atoms with E-state index in [-0.39, 0.29) is 11.3 Å². The van der Waals surface area contributed by atoms with Crippen LogP contribution in [0.15, 0.2) is 18.2 Å². The van der Waals surface area contributed by atoms with Crippen molar-refractivity contribution in [2.24, 2.45) is 0 Å². The van der Waals surface area contributed by atoms with Crippen LogP contribution in [0.2, 0.25) is 5.02 Å². The molecule has 1 aromatic carbocycles. The van der Waals surface area contributed by atoms with Crippen molar-refractivity contribution in [3.8, 4) is 0 Å². The predicted octanol–water partition coefficient (Wildman–Crippen LogP) is 3.19. The highest BCUT2D eigenvalue weighted by Crippen LogP contribution is 2.30. The number of rotatable bonds is 3. The predicted molar refractivity (Wildman–Crippen MR) is 66.0 cm³/mol. The number of Topliss-reactive ketones (excluding diaryl/α,β-unsaturated/α-hetero) is 1. The molecule has 0 aliphatic carbocycles. The molecule has 0 radical (unpaired) electrons. The van der Waals surface area contributed by atoms with Gasteiger partial charge >= 0.3 is 0 Å². The quantitative estimate of drug-likeness (QED) is 0.841. The van der Waals surface area contributed by atoms with Crippen LogP contribution in [0.3, 0.4) is 0 Å². The molecule has 2 nitrogen and oxygen atoms in total. The molecule has 92 valence electrons. The summed E-state index contributed by atoms with van der Waals surface area (Å²) in [5.74, 6) is -0.524. The van der Waals surface area contributed by atoms with E-state index in [1.807, 2.05) is 6.92 Å². The van der Waals surface area contributed by atoms with E-state index in [4.69, 9.17) is 11.6 Å². The Labute approximate surface area is 105 Å². The molecule has 0 saturated carbocycles. The molecule has 1 saturated heterocycles. The second-order valence-corrected chi connectivity index (χ2v) is 4.83. The second-order valence-electron chi connectivity index (χ2n) is 4.42. The van der Waals surface area contributed by atoms with Crippen LogP contribution >= 0.6 is 11.6 Å². The van der Waals surface area contributed by atoms with Gasteiger partial charge in [-0.3, -0.25) is 4.79 Å². The van der Waals surface area contributed by atoms with Gasteiger partial charge in [0.2, 0.25) is 0 Å². The lowest BCUT2D eigenvalue weighted by Crippen LogP contribution is -2.47. The molecule has 0 spiro atoms. The summed E-state index contributed by atoms with van der Waals surface area (Å²) < 4.78 is 13.2. The fourth-order valence-corrected chi connectivity index (χ4v) is 2.60. The zero-order valence-electron chi connectivity index (χ0n) is 9.72. The minimum atomic E-state index is -0.558. The number of carbonyl (C=O) groups excluding carboxylic acids is 1. The second kappa shape index (κ2) is 4.75. The van der Waals surface area contributed by atoms with Gasteiger partial charge in [0.1, 0.15) is 5.82 Å². The normalized spacial score (nSPS) is 23.9. The van der Waals surface area contributed by atoms with Crippen molar-refractivity contribution in [1.82, 2.24) is 5.32 Å². The first-order valence-electron chi connectivity index (χ1n) is 5.84. The van der Waals surface area contributed by atoms with E-state index in [0.29, 0.717) is 11.4 Å². The van der Waals surface area contributed by atoms with Crippen LogP contribution < -0.4 is 5.32 Å². The van der Waals surface area contributed by atoms with Gasteiger partial charge in [0.15, 0.2) is 5.78 Å². The van der Waals surface area contributed by atoms with Crippen molar-refractivity contribution in [3.05, 3.63) is 34.6 Å². The molecule has 1 aliphatic rings. The lowest BCUT2D eigenvalue weighted by atomic mass is 9.85. The standard InChI is InChI=1S/C13H15ClFNO/c1-2-13(6-3-7-16-13)12(17)10-8-9(15)4-5-11(10)14/h4-5,8,16H,2-3,6-7H2,1H3. The van der Waals surface area contributed by atoms with Gasteiger partial charge in [0, 0.05) is 5.56 Å². The van der Waals surface area contributed by atoms with Crippen molar-refractivity contribution in [3.63, 3.8) is 0 Å². The van der Waals surface area contributed by atoms with E-state index in [2.05, 4.69) is 5.32 Å². The van der Waals surface area contributed by atoms with E-state index in [0.717, 1.165) is 19.4 Å². The largest absolute Gasteiger partial charge is 0.305 e. The molecular weight excluding hydrogens is 241 g/mol. The van der Waals surface area contributed by atoms with Gasteiger partial charge in [0.25, 0.3) is 0 Å². The monoisotopic (exact) mass is 255 g/mol. The molecule has 1 atom stereocenters. The molecule has 2 rings (SSSR count). The average molecular weight is 256 g/mol. The van der Waals surface area contributed by atoms with Crippen LogP contribution in [0.25, 0.3) is 0 Å². The lowest BCUT2D eigenvalue weighted by molar-refractivity contribution is 0.0863. The number of hydrogen-bond donors (Lipinski definition) is 1. The van der Waals surface area contributed by atoms with Gasteiger partial charge < -0.3 is 5.32 Å². The third kappa shape index (κ3) is 2.22. The van der Waals surface area contributed by atoms with Crippen LogP contribution in [-0.2, 0) is 0 Å². The van der Waals surface area contributed by atoms with Crippen molar-refractivity contribution in [2.75, 3.05) is 6.54 Å². The third-order valence-electron chi connectivity index (χ3n) is 3.45. The number of ketones is 1.